The molecule has 2 aromatic rings. The molecule has 1 atom stereocenters. The Hall–Kier alpha value is -3.80. The molecule has 2 heterocycles. The molecule has 4 rings (SSSR count). The van der Waals surface area contributed by atoms with Gasteiger partial charge in [0.25, 0.3) is 0 Å². The number of hydrogen-bond acceptors (Lipinski definition) is 5. The molecular formula is C23H19ClF3N3O6. The topological polar surface area (TPSA) is 107 Å². The summed E-state index contributed by atoms with van der Waals surface area (Å²) >= 11 is 5.94. The fourth-order valence-corrected chi connectivity index (χ4v) is 4.42. The molecule has 0 saturated carbocycles. The van der Waals surface area contributed by atoms with Crippen molar-refractivity contribution in [2.45, 2.75) is 19.6 Å². The SMILES string of the molecule is Cc1cc(N2CCOC2=O)ccc1N1CC(C(=O)O)C(=O)N(Cc2cccc(C(F)(F)F)c2Cl)C1=O. The Kier molecular flexibility index (Phi) is 6.56. The van der Waals surface area contributed by atoms with Crippen molar-refractivity contribution in [3.8, 4) is 0 Å². The summed E-state index contributed by atoms with van der Waals surface area (Å²) in [7, 11) is 0. The van der Waals surface area contributed by atoms with E-state index in [1.807, 2.05) is 0 Å². The summed E-state index contributed by atoms with van der Waals surface area (Å²) in [5.41, 5.74) is -0.0381. The number of alkyl halides is 3. The lowest BCUT2D eigenvalue weighted by Crippen LogP contribution is -2.58. The van der Waals surface area contributed by atoms with Crippen molar-refractivity contribution in [1.82, 2.24) is 4.90 Å². The maximum absolute atomic E-state index is 13.3. The smallest absolute Gasteiger partial charge is 0.417 e. The number of cyclic esters (lactones) is 1. The molecule has 1 unspecified atom stereocenters. The number of carbonyl (C=O) groups excluding carboxylic acids is 3. The van der Waals surface area contributed by atoms with Crippen LogP contribution in [0.25, 0.3) is 0 Å². The maximum atomic E-state index is 13.3. The number of anilines is 2. The van der Waals surface area contributed by atoms with Crippen molar-refractivity contribution in [2.24, 2.45) is 5.92 Å². The summed E-state index contributed by atoms with van der Waals surface area (Å²) in [6.07, 6.45) is -5.30. The first-order valence-corrected chi connectivity index (χ1v) is 11.0. The van der Waals surface area contributed by atoms with Crippen molar-refractivity contribution in [3.63, 3.8) is 0 Å². The van der Waals surface area contributed by atoms with Gasteiger partial charge in [-0.3, -0.25) is 24.3 Å². The number of hydrogen-bond donors (Lipinski definition) is 1. The number of aliphatic carboxylic acids is 1. The van der Waals surface area contributed by atoms with Gasteiger partial charge in [0.05, 0.1) is 30.2 Å². The first-order chi connectivity index (χ1) is 16.9. The molecule has 36 heavy (non-hydrogen) atoms. The van der Waals surface area contributed by atoms with E-state index in [0.717, 1.165) is 17.0 Å². The minimum atomic E-state index is -4.76. The molecule has 9 nitrogen and oxygen atoms in total. The van der Waals surface area contributed by atoms with E-state index in [1.165, 1.54) is 17.0 Å². The second-order valence-corrected chi connectivity index (χ2v) is 8.60. The van der Waals surface area contributed by atoms with Gasteiger partial charge in [-0.15, -0.1) is 0 Å². The molecule has 1 N–H and O–H groups in total. The molecular weight excluding hydrogens is 507 g/mol. The third-order valence-electron chi connectivity index (χ3n) is 5.95. The highest BCUT2D eigenvalue weighted by Gasteiger charge is 2.44. The van der Waals surface area contributed by atoms with Crippen molar-refractivity contribution in [1.29, 1.82) is 0 Å². The van der Waals surface area contributed by atoms with Gasteiger partial charge in [0.15, 0.2) is 5.92 Å². The Balaban J connectivity index is 1.69. The first kappa shape index (κ1) is 25.3. The van der Waals surface area contributed by atoms with E-state index in [9.17, 15) is 37.5 Å². The van der Waals surface area contributed by atoms with E-state index in [1.54, 1.807) is 19.1 Å². The number of carbonyl (C=O) groups is 4. The molecule has 0 radical (unpaired) electrons. The standard InChI is InChI=1S/C23H19ClF3N3O6/c1-12-9-14(28-7-8-36-22(28)35)5-6-17(12)29-11-15(20(32)33)19(31)30(21(29)34)10-13-3-2-4-16(18(13)24)23(25,26)27/h2-6,9,15H,7-8,10-11H2,1H3,(H,32,33). The van der Waals surface area contributed by atoms with Crippen LogP contribution in [0.15, 0.2) is 36.4 Å². The molecule has 0 spiro atoms. The zero-order valence-electron chi connectivity index (χ0n) is 18.7. The first-order valence-electron chi connectivity index (χ1n) is 10.7. The molecule has 2 aliphatic rings. The van der Waals surface area contributed by atoms with E-state index in [0.29, 0.717) is 22.7 Å². The van der Waals surface area contributed by atoms with Crippen molar-refractivity contribution in [3.05, 3.63) is 58.1 Å². The lowest BCUT2D eigenvalue weighted by molar-refractivity contribution is -0.150. The maximum Gasteiger partial charge on any atom is 0.417 e. The van der Waals surface area contributed by atoms with Crippen LogP contribution in [-0.4, -0.2) is 53.7 Å². The predicted octanol–water partition coefficient (Wildman–Crippen LogP) is 4.29. The molecule has 13 heteroatoms. The van der Waals surface area contributed by atoms with Crippen molar-refractivity contribution in [2.75, 3.05) is 29.5 Å². The molecule has 2 aliphatic heterocycles. The number of halogens is 4. The molecule has 0 bridgehead atoms. The third-order valence-corrected chi connectivity index (χ3v) is 6.39. The van der Waals surface area contributed by atoms with Crippen LogP contribution < -0.4 is 9.80 Å². The van der Waals surface area contributed by atoms with E-state index in [-0.39, 0.29) is 17.9 Å². The minimum absolute atomic E-state index is 0.168. The number of carboxylic acid groups (broad SMARTS) is 1. The molecule has 0 aromatic heterocycles. The minimum Gasteiger partial charge on any atom is -0.481 e. The highest BCUT2D eigenvalue weighted by Crippen LogP contribution is 2.37. The van der Waals surface area contributed by atoms with Gasteiger partial charge in [0.2, 0.25) is 5.91 Å². The number of imide groups is 1. The van der Waals surface area contributed by atoms with Gasteiger partial charge in [0.1, 0.15) is 6.61 Å². The highest BCUT2D eigenvalue weighted by atomic mass is 35.5. The number of rotatable bonds is 5. The number of nitrogens with zero attached hydrogens (tertiary/aromatic N) is 3. The van der Waals surface area contributed by atoms with E-state index >= 15 is 0 Å². The van der Waals surface area contributed by atoms with Crippen LogP contribution in [0.3, 0.4) is 0 Å². The van der Waals surface area contributed by atoms with Crippen LogP contribution in [0.5, 0.6) is 0 Å². The normalized spacial score (nSPS) is 18.6. The number of urea groups is 1. The monoisotopic (exact) mass is 525 g/mol. The Bertz CT molecular complexity index is 1270. The molecule has 190 valence electrons. The van der Waals surface area contributed by atoms with E-state index in [2.05, 4.69) is 0 Å². The van der Waals surface area contributed by atoms with Gasteiger partial charge < -0.3 is 9.84 Å². The predicted molar refractivity (Wildman–Crippen MR) is 121 cm³/mol. The fourth-order valence-electron chi connectivity index (χ4n) is 4.13. The fraction of sp³-hybridized carbons (Fsp3) is 0.304. The van der Waals surface area contributed by atoms with Gasteiger partial charge in [-0.2, -0.15) is 13.2 Å². The van der Waals surface area contributed by atoms with Crippen LogP contribution in [0.4, 0.5) is 34.1 Å². The van der Waals surface area contributed by atoms with Gasteiger partial charge >= 0.3 is 24.3 Å². The summed E-state index contributed by atoms with van der Waals surface area (Å²) in [5.74, 6) is -4.21. The average molecular weight is 526 g/mol. The summed E-state index contributed by atoms with van der Waals surface area (Å²) < 4.78 is 44.7. The second-order valence-electron chi connectivity index (χ2n) is 8.22. The van der Waals surface area contributed by atoms with Gasteiger partial charge in [-0.25, -0.2) is 9.59 Å². The van der Waals surface area contributed by atoms with Gasteiger partial charge in [-0.05, 0) is 42.3 Å². The molecule has 2 saturated heterocycles. The summed E-state index contributed by atoms with van der Waals surface area (Å²) in [5, 5.41) is 8.93. The second kappa shape index (κ2) is 9.34. The van der Waals surface area contributed by atoms with Crippen LogP contribution >= 0.6 is 11.6 Å². The highest BCUT2D eigenvalue weighted by molar-refractivity contribution is 6.32. The van der Waals surface area contributed by atoms with E-state index < -0.39 is 59.8 Å². The zero-order valence-corrected chi connectivity index (χ0v) is 19.5. The van der Waals surface area contributed by atoms with Crippen molar-refractivity contribution < 1.29 is 42.2 Å². The Labute approximate surface area is 207 Å². The molecule has 4 amide bonds. The lowest BCUT2D eigenvalue weighted by atomic mass is 10.0. The van der Waals surface area contributed by atoms with Crippen LogP contribution in [-0.2, 0) is 27.0 Å². The molecule has 2 aromatic carbocycles. The van der Waals surface area contributed by atoms with Crippen LogP contribution in [0, 0.1) is 12.8 Å². The Morgan fingerprint density at radius 2 is 1.89 bits per heavy atom. The quantitative estimate of drug-likeness (QED) is 0.583. The third kappa shape index (κ3) is 4.55. The Morgan fingerprint density at radius 3 is 2.47 bits per heavy atom. The Morgan fingerprint density at radius 1 is 1.17 bits per heavy atom. The lowest BCUT2D eigenvalue weighted by Gasteiger charge is -2.38. The van der Waals surface area contributed by atoms with Crippen LogP contribution in [0.1, 0.15) is 16.7 Å². The summed E-state index contributed by atoms with van der Waals surface area (Å²) in [4.78, 5) is 52.9. The van der Waals surface area contributed by atoms with Gasteiger partial charge in [0, 0.05) is 11.4 Å². The van der Waals surface area contributed by atoms with Gasteiger partial charge in [-0.1, -0.05) is 23.7 Å². The molecule has 2 fully saturated rings. The summed E-state index contributed by atoms with van der Waals surface area (Å²) in [6.45, 7) is 1.05. The average Bonchev–Trinajstić information content (AvgIpc) is 3.23. The van der Waals surface area contributed by atoms with Crippen LogP contribution in [0.2, 0.25) is 5.02 Å². The number of carboxylic acids is 1. The summed E-state index contributed by atoms with van der Waals surface area (Å²) in [6, 6.07) is 6.81. The zero-order chi connectivity index (χ0) is 26.4. The van der Waals surface area contributed by atoms with E-state index in [4.69, 9.17) is 16.3 Å². The van der Waals surface area contributed by atoms with Crippen molar-refractivity contribution >= 4 is 47.0 Å². The largest absolute Gasteiger partial charge is 0.481 e. The number of ether oxygens (including phenoxy) is 1. The number of benzene rings is 2. The number of amides is 4. The molecule has 0 aliphatic carbocycles. The number of aryl methyl sites for hydroxylation is 1.